The molecule has 2 heterocycles. The van der Waals surface area contributed by atoms with Crippen LogP contribution in [0, 0.1) is 5.92 Å². The number of piperidine rings is 1. The van der Waals surface area contributed by atoms with E-state index in [4.69, 9.17) is 18.9 Å². The van der Waals surface area contributed by atoms with Crippen LogP contribution < -0.4 is 9.47 Å². The van der Waals surface area contributed by atoms with E-state index < -0.39 is 0 Å². The van der Waals surface area contributed by atoms with Gasteiger partial charge in [0.1, 0.15) is 6.26 Å². The van der Waals surface area contributed by atoms with E-state index in [0.29, 0.717) is 6.79 Å². The van der Waals surface area contributed by atoms with Gasteiger partial charge in [0.05, 0.1) is 14.2 Å². The molecule has 0 spiro atoms. The van der Waals surface area contributed by atoms with E-state index in [1.807, 2.05) is 6.07 Å². The summed E-state index contributed by atoms with van der Waals surface area (Å²) >= 11 is 0. The van der Waals surface area contributed by atoms with Gasteiger partial charge in [0.15, 0.2) is 11.5 Å². The van der Waals surface area contributed by atoms with Crippen LogP contribution in [0.5, 0.6) is 11.5 Å². The highest BCUT2D eigenvalue weighted by Crippen LogP contribution is 2.28. The molecule has 0 N–H and O–H groups in total. The number of hydrogen-bond acceptors (Lipinski definition) is 6. The molecular formula is C27H36N2O4. The third-order valence-corrected chi connectivity index (χ3v) is 6.67. The molecule has 0 aromatic heterocycles. The number of rotatable bonds is 11. The van der Waals surface area contributed by atoms with Gasteiger partial charge in [0.25, 0.3) is 0 Å². The number of benzene rings is 2. The highest BCUT2D eigenvalue weighted by molar-refractivity contribution is 5.42. The summed E-state index contributed by atoms with van der Waals surface area (Å²) in [5.41, 5.74) is 2.58. The topological polar surface area (TPSA) is 43.4 Å². The van der Waals surface area contributed by atoms with E-state index in [2.05, 4.69) is 52.3 Å². The van der Waals surface area contributed by atoms with Crippen molar-refractivity contribution in [2.45, 2.75) is 32.2 Å². The number of ether oxygens (including phenoxy) is 4. The summed E-state index contributed by atoms with van der Waals surface area (Å²) in [6.07, 6.45) is 6.46. The van der Waals surface area contributed by atoms with Crippen molar-refractivity contribution in [1.82, 2.24) is 9.80 Å². The average Bonchev–Trinajstić information content (AvgIpc) is 3.41. The molecule has 2 aliphatic heterocycles. The highest BCUT2D eigenvalue weighted by Gasteiger charge is 2.22. The summed E-state index contributed by atoms with van der Waals surface area (Å²) < 4.78 is 21.8. The first kappa shape index (κ1) is 23.3. The molecule has 2 aromatic carbocycles. The molecule has 1 fully saturated rings. The lowest BCUT2D eigenvalue weighted by Crippen LogP contribution is -2.36. The van der Waals surface area contributed by atoms with Crippen molar-refractivity contribution in [2.75, 3.05) is 47.2 Å². The van der Waals surface area contributed by atoms with E-state index >= 15 is 0 Å². The van der Waals surface area contributed by atoms with Crippen LogP contribution in [0.1, 0.15) is 30.4 Å². The maximum Gasteiger partial charge on any atom is 0.232 e. The first-order valence-corrected chi connectivity index (χ1v) is 11.9. The van der Waals surface area contributed by atoms with Crippen molar-refractivity contribution < 1.29 is 18.9 Å². The Morgan fingerprint density at radius 3 is 2.45 bits per heavy atom. The molecule has 4 rings (SSSR count). The number of methoxy groups -OCH3 is 2. The lowest BCUT2D eigenvalue weighted by molar-refractivity contribution is 0.0442. The molecule has 0 radical (unpaired) electrons. The lowest BCUT2D eigenvalue weighted by atomic mass is 9.93. The van der Waals surface area contributed by atoms with Gasteiger partial charge in [0, 0.05) is 19.6 Å². The molecule has 0 aliphatic carbocycles. The Kier molecular flexibility index (Phi) is 8.36. The van der Waals surface area contributed by atoms with Gasteiger partial charge in [-0.05, 0) is 68.0 Å². The van der Waals surface area contributed by atoms with Gasteiger partial charge in [-0.25, -0.2) is 0 Å². The number of nitrogens with zero attached hydrogens (tertiary/aromatic N) is 2. The van der Waals surface area contributed by atoms with E-state index in [1.165, 1.54) is 43.5 Å². The van der Waals surface area contributed by atoms with E-state index in [0.717, 1.165) is 49.4 Å². The van der Waals surface area contributed by atoms with Crippen molar-refractivity contribution >= 4 is 0 Å². The van der Waals surface area contributed by atoms with Crippen LogP contribution in [-0.2, 0) is 22.4 Å². The molecule has 0 bridgehead atoms. The highest BCUT2D eigenvalue weighted by atomic mass is 16.7. The minimum absolute atomic E-state index is 0.319. The fourth-order valence-electron chi connectivity index (χ4n) is 4.63. The fourth-order valence-corrected chi connectivity index (χ4v) is 4.63. The van der Waals surface area contributed by atoms with Crippen LogP contribution in [0.15, 0.2) is 60.7 Å². The SMILES string of the molecule is COc1ccc(CCN2CCC(CCN(Cc3ccccc3)C3=COCO3)CC2)cc1OC. The molecule has 2 aromatic rings. The summed E-state index contributed by atoms with van der Waals surface area (Å²) in [5.74, 6) is 3.20. The minimum atomic E-state index is 0.319. The monoisotopic (exact) mass is 452 g/mol. The third-order valence-electron chi connectivity index (χ3n) is 6.67. The molecule has 0 saturated carbocycles. The predicted octanol–water partition coefficient (Wildman–Crippen LogP) is 4.65. The maximum absolute atomic E-state index is 5.69. The van der Waals surface area contributed by atoms with Gasteiger partial charge in [-0.2, -0.15) is 0 Å². The Balaban J connectivity index is 1.22. The maximum atomic E-state index is 5.69. The van der Waals surface area contributed by atoms with Crippen molar-refractivity contribution in [2.24, 2.45) is 5.92 Å². The molecule has 6 nitrogen and oxygen atoms in total. The second-order valence-electron chi connectivity index (χ2n) is 8.81. The molecule has 2 aliphatic rings. The molecule has 0 unspecified atom stereocenters. The van der Waals surface area contributed by atoms with Gasteiger partial charge in [-0.1, -0.05) is 36.4 Å². The quantitative estimate of drug-likeness (QED) is 0.494. The van der Waals surface area contributed by atoms with Gasteiger partial charge < -0.3 is 28.7 Å². The Hall–Kier alpha value is -2.86. The molecule has 6 heteroatoms. The Bertz CT molecular complexity index is 894. The first-order valence-electron chi connectivity index (χ1n) is 11.9. The van der Waals surface area contributed by atoms with Crippen LogP contribution >= 0.6 is 0 Å². The zero-order valence-electron chi connectivity index (χ0n) is 19.9. The van der Waals surface area contributed by atoms with Gasteiger partial charge in [0.2, 0.25) is 12.7 Å². The molecule has 0 amide bonds. The van der Waals surface area contributed by atoms with Crippen molar-refractivity contribution in [3.8, 4) is 11.5 Å². The van der Waals surface area contributed by atoms with Crippen molar-refractivity contribution in [1.29, 1.82) is 0 Å². The zero-order valence-corrected chi connectivity index (χ0v) is 19.9. The summed E-state index contributed by atoms with van der Waals surface area (Å²) in [4.78, 5) is 4.90. The Morgan fingerprint density at radius 1 is 0.970 bits per heavy atom. The van der Waals surface area contributed by atoms with Crippen LogP contribution in [0.4, 0.5) is 0 Å². The second-order valence-corrected chi connectivity index (χ2v) is 8.81. The van der Waals surface area contributed by atoms with Crippen LogP contribution in [0.25, 0.3) is 0 Å². The first-order chi connectivity index (χ1) is 16.2. The minimum Gasteiger partial charge on any atom is -0.493 e. The summed E-state index contributed by atoms with van der Waals surface area (Å²) in [6, 6.07) is 16.8. The van der Waals surface area contributed by atoms with E-state index in [1.54, 1.807) is 20.5 Å². The molecule has 178 valence electrons. The predicted molar refractivity (Wildman–Crippen MR) is 129 cm³/mol. The number of likely N-dealkylation sites (tertiary alicyclic amines) is 1. The van der Waals surface area contributed by atoms with Crippen LogP contribution in [-0.4, -0.2) is 57.0 Å². The Morgan fingerprint density at radius 2 is 1.76 bits per heavy atom. The van der Waals surface area contributed by atoms with E-state index in [-0.39, 0.29) is 0 Å². The van der Waals surface area contributed by atoms with Crippen molar-refractivity contribution in [3.63, 3.8) is 0 Å². The summed E-state index contributed by atoms with van der Waals surface area (Å²) in [6.45, 7) is 5.57. The van der Waals surface area contributed by atoms with Crippen LogP contribution in [0.2, 0.25) is 0 Å². The average molecular weight is 453 g/mol. The Labute approximate surface area is 197 Å². The standard InChI is InChI=1S/C27H36N2O4/c1-30-25-9-8-23(18-26(25)31-2)12-16-28-14-10-22(11-15-28)13-17-29(27-20-32-21-33-27)19-24-6-4-3-5-7-24/h3-9,18,20,22H,10-17,19,21H2,1-2H3. The largest absolute Gasteiger partial charge is 0.493 e. The molecule has 1 saturated heterocycles. The lowest BCUT2D eigenvalue weighted by Gasteiger charge is -2.33. The van der Waals surface area contributed by atoms with Crippen molar-refractivity contribution in [3.05, 3.63) is 71.8 Å². The number of hydrogen-bond donors (Lipinski definition) is 0. The molecule has 33 heavy (non-hydrogen) atoms. The second kappa shape index (κ2) is 11.8. The fraction of sp³-hybridized carbons (Fsp3) is 0.481. The summed E-state index contributed by atoms with van der Waals surface area (Å²) in [7, 11) is 3.36. The third kappa shape index (κ3) is 6.57. The molecular weight excluding hydrogens is 416 g/mol. The summed E-state index contributed by atoms with van der Waals surface area (Å²) in [5, 5.41) is 0. The smallest absolute Gasteiger partial charge is 0.232 e. The normalized spacial score (nSPS) is 16.6. The van der Waals surface area contributed by atoms with Gasteiger partial charge >= 0.3 is 0 Å². The van der Waals surface area contributed by atoms with Crippen LogP contribution in [0.3, 0.4) is 0 Å². The van der Waals surface area contributed by atoms with Gasteiger partial charge in [-0.3, -0.25) is 0 Å². The molecule has 0 atom stereocenters. The van der Waals surface area contributed by atoms with E-state index in [9.17, 15) is 0 Å². The zero-order chi connectivity index (χ0) is 22.9. The van der Waals surface area contributed by atoms with Gasteiger partial charge in [-0.15, -0.1) is 0 Å².